The van der Waals surface area contributed by atoms with Gasteiger partial charge in [0.2, 0.25) is 0 Å². The van der Waals surface area contributed by atoms with Crippen molar-refractivity contribution in [3.63, 3.8) is 0 Å². The third kappa shape index (κ3) is 4.88. The molecule has 284 valence electrons. The lowest BCUT2D eigenvalue weighted by Crippen LogP contribution is -2.22. The molecule has 0 bridgehead atoms. The second-order valence-electron chi connectivity index (χ2n) is 16.7. The molecule has 0 saturated carbocycles. The fraction of sp³-hybridized carbons (Fsp3) is 0.0690. The Morgan fingerprint density at radius 2 is 0.800 bits per heavy atom. The molecule has 0 spiro atoms. The average Bonchev–Trinajstić information content (AvgIpc) is 3.92. The minimum absolute atomic E-state index is 0.268. The molecule has 0 radical (unpaired) electrons. The summed E-state index contributed by atoms with van der Waals surface area (Å²) in [5.41, 5.74) is 20.0. The van der Waals surface area contributed by atoms with E-state index in [0.29, 0.717) is 0 Å². The lowest BCUT2D eigenvalue weighted by molar-refractivity contribution is 0.669. The van der Waals surface area contributed by atoms with Gasteiger partial charge >= 0.3 is 0 Å². The maximum Gasteiger partial charge on any atom is 0.136 e. The maximum absolute atomic E-state index is 6.29. The standard InChI is InChI=1S/C58H41NO/c1-57(39-16-5-3-6-17-39)50-24-12-9-20-45(50)48-36-42(32-34-52(48)57)59(41-30-28-38(29-31-41)44-23-15-27-55-56(44)47-22-11-14-26-54(47)60-55)43-33-35-53-49(37-43)46-21-10-13-25-51(46)58(53,2)40-18-7-4-8-19-40/h3-37H,1-2H3. The summed E-state index contributed by atoms with van der Waals surface area (Å²) < 4.78 is 6.29. The molecule has 1 heterocycles. The van der Waals surface area contributed by atoms with Crippen LogP contribution in [-0.4, -0.2) is 0 Å². The molecule has 0 N–H and O–H groups in total. The van der Waals surface area contributed by atoms with Gasteiger partial charge in [-0.15, -0.1) is 0 Å². The molecule has 12 rings (SSSR count). The predicted octanol–water partition coefficient (Wildman–Crippen LogP) is 15.4. The van der Waals surface area contributed by atoms with Crippen molar-refractivity contribution in [1.82, 2.24) is 0 Å². The van der Waals surface area contributed by atoms with Crippen molar-refractivity contribution in [3.05, 3.63) is 246 Å². The van der Waals surface area contributed by atoms with Gasteiger partial charge in [-0.1, -0.05) is 164 Å². The van der Waals surface area contributed by atoms with Gasteiger partial charge in [0.05, 0.1) is 0 Å². The fourth-order valence-electron chi connectivity index (χ4n) is 10.7. The summed E-state index contributed by atoms with van der Waals surface area (Å²) in [6.45, 7) is 4.77. The summed E-state index contributed by atoms with van der Waals surface area (Å²) in [5.74, 6) is 0. The van der Waals surface area contributed by atoms with Gasteiger partial charge in [-0.25, -0.2) is 0 Å². The van der Waals surface area contributed by atoms with Crippen LogP contribution >= 0.6 is 0 Å². The van der Waals surface area contributed by atoms with Crippen molar-refractivity contribution in [2.24, 2.45) is 0 Å². The maximum atomic E-state index is 6.29. The van der Waals surface area contributed by atoms with Crippen molar-refractivity contribution < 1.29 is 4.42 Å². The Hall–Kier alpha value is -7.42. The molecule has 10 aromatic rings. The number of hydrogen-bond donors (Lipinski definition) is 0. The van der Waals surface area contributed by atoms with Crippen LogP contribution in [0.5, 0.6) is 0 Å². The van der Waals surface area contributed by atoms with Gasteiger partial charge in [-0.3, -0.25) is 0 Å². The molecule has 2 unspecified atom stereocenters. The number of anilines is 3. The molecule has 0 fully saturated rings. The number of para-hydroxylation sites is 1. The number of nitrogens with zero attached hydrogens (tertiary/aromatic N) is 1. The van der Waals surface area contributed by atoms with E-state index in [1.165, 1.54) is 61.2 Å². The molecule has 2 aliphatic rings. The highest BCUT2D eigenvalue weighted by molar-refractivity contribution is 6.12. The van der Waals surface area contributed by atoms with E-state index < -0.39 is 0 Å². The molecule has 9 aromatic carbocycles. The zero-order valence-corrected chi connectivity index (χ0v) is 33.6. The van der Waals surface area contributed by atoms with E-state index in [-0.39, 0.29) is 10.8 Å². The van der Waals surface area contributed by atoms with E-state index in [9.17, 15) is 0 Å². The highest BCUT2D eigenvalue weighted by Crippen LogP contribution is 2.56. The van der Waals surface area contributed by atoms with Crippen LogP contribution in [0.15, 0.2) is 217 Å². The summed E-state index contributed by atoms with van der Waals surface area (Å²) >= 11 is 0. The molecule has 1 aromatic heterocycles. The number of furan rings is 1. The van der Waals surface area contributed by atoms with Crippen LogP contribution in [-0.2, 0) is 10.8 Å². The molecule has 2 heteroatoms. The minimum Gasteiger partial charge on any atom is -0.456 e. The molecule has 2 aliphatic carbocycles. The van der Waals surface area contributed by atoms with Crippen molar-refractivity contribution in [3.8, 4) is 33.4 Å². The lowest BCUT2D eigenvalue weighted by atomic mass is 9.74. The third-order valence-corrected chi connectivity index (χ3v) is 13.7. The Kier molecular flexibility index (Phi) is 7.52. The first-order valence-electron chi connectivity index (χ1n) is 20.9. The van der Waals surface area contributed by atoms with Crippen LogP contribution in [0.4, 0.5) is 17.1 Å². The van der Waals surface area contributed by atoms with Crippen LogP contribution in [0, 0.1) is 0 Å². The predicted molar refractivity (Wildman–Crippen MR) is 249 cm³/mol. The quantitative estimate of drug-likeness (QED) is 0.168. The Balaban J connectivity index is 1.05. The zero-order valence-electron chi connectivity index (χ0n) is 33.6. The fourth-order valence-corrected chi connectivity index (χ4v) is 10.7. The zero-order chi connectivity index (χ0) is 40.0. The second kappa shape index (κ2) is 13.0. The van der Waals surface area contributed by atoms with Crippen LogP contribution in [0.25, 0.3) is 55.3 Å². The van der Waals surface area contributed by atoms with Crippen molar-refractivity contribution in [1.29, 1.82) is 0 Å². The van der Waals surface area contributed by atoms with E-state index >= 15 is 0 Å². The Morgan fingerprint density at radius 1 is 0.350 bits per heavy atom. The molecular weight excluding hydrogens is 727 g/mol. The SMILES string of the molecule is CC1(c2ccccc2)c2ccccc2-c2cc(N(c3ccc(-c4cccc5oc6ccccc6c45)cc3)c3ccc4c(c3)-c3ccccc3C4(C)c3ccccc3)ccc21. The summed E-state index contributed by atoms with van der Waals surface area (Å²) in [4.78, 5) is 2.44. The number of fused-ring (bicyclic) bond motifs is 9. The van der Waals surface area contributed by atoms with E-state index in [1.54, 1.807) is 0 Å². The highest BCUT2D eigenvalue weighted by atomic mass is 16.3. The van der Waals surface area contributed by atoms with Gasteiger partial charge in [-0.05, 0) is 129 Å². The van der Waals surface area contributed by atoms with Gasteiger partial charge < -0.3 is 9.32 Å². The van der Waals surface area contributed by atoms with Crippen LogP contribution in [0.2, 0.25) is 0 Å². The Labute approximate surface area is 350 Å². The molecule has 60 heavy (non-hydrogen) atoms. The normalized spacial score (nSPS) is 17.3. The monoisotopic (exact) mass is 767 g/mol. The topological polar surface area (TPSA) is 16.4 Å². The Bertz CT molecular complexity index is 3140. The molecule has 2 atom stereocenters. The summed E-state index contributed by atoms with van der Waals surface area (Å²) in [7, 11) is 0. The van der Waals surface area contributed by atoms with Gasteiger partial charge in [0, 0.05) is 38.7 Å². The van der Waals surface area contributed by atoms with Crippen LogP contribution < -0.4 is 4.90 Å². The first-order chi connectivity index (χ1) is 29.5. The van der Waals surface area contributed by atoms with Crippen molar-refractivity contribution in [2.45, 2.75) is 24.7 Å². The van der Waals surface area contributed by atoms with Gasteiger partial charge in [0.15, 0.2) is 0 Å². The van der Waals surface area contributed by atoms with E-state index in [2.05, 4.69) is 225 Å². The molecule has 0 saturated heterocycles. The second-order valence-corrected chi connectivity index (χ2v) is 16.7. The van der Waals surface area contributed by atoms with Crippen molar-refractivity contribution >= 4 is 39.0 Å². The van der Waals surface area contributed by atoms with Crippen LogP contribution in [0.3, 0.4) is 0 Å². The highest BCUT2D eigenvalue weighted by Gasteiger charge is 2.42. The van der Waals surface area contributed by atoms with Gasteiger partial charge in [-0.2, -0.15) is 0 Å². The molecule has 0 amide bonds. The molecule has 2 nitrogen and oxygen atoms in total. The number of benzene rings is 9. The largest absolute Gasteiger partial charge is 0.456 e. The van der Waals surface area contributed by atoms with Crippen molar-refractivity contribution in [2.75, 3.05) is 4.90 Å². The van der Waals surface area contributed by atoms with E-state index in [0.717, 1.165) is 44.6 Å². The first kappa shape index (κ1) is 34.6. The van der Waals surface area contributed by atoms with E-state index in [4.69, 9.17) is 4.42 Å². The third-order valence-electron chi connectivity index (χ3n) is 13.7. The average molecular weight is 768 g/mol. The Morgan fingerprint density at radius 3 is 1.38 bits per heavy atom. The summed E-state index contributed by atoms with van der Waals surface area (Å²) in [6.07, 6.45) is 0. The summed E-state index contributed by atoms with van der Waals surface area (Å²) in [6, 6.07) is 77.9. The smallest absolute Gasteiger partial charge is 0.136 e. The van der Waals surface area contributed by atoms with Gasteiger partial charge in [0.1, 0.15) is 11.2 Å². The molecule has 0 aliphatic heterocycles. The van der Waals surface area contributed by atoms with Crippen LogP contribution in [0.1, 0.15) is 47.2 Å². The lowest BCUT2D eigenvalue weighted by Gasteiger charge is -2.30. The molecular formula is C58H41NO. The minimum atomic E-state index is -0.268. The van der Waals surface area contributed by atoms with E-state index in [1.807, 2.05) is 6.07 Å². The number of rotatable bonds is 6. The van der Waals surface area contributed by atoms with Gasteiger partial charge in [0.25, 0.3) is 0 Å². The number of hydrogen-bond acceptors (Lipinski definition) is 2. The first-order valence-corrected chi connectivity index (χ1v) is 20.9. The summed E-state index contributed by atoms with van der Waals surface area (Å²) in [5, 5.41) is 2.28.